The molecule has 1 heterocycles. The van der Waals surface area contributed by atoms with Gasteiger partial charge < -0.3 is 14.3 Å². The molecule has 6 heteroatoms. The molecule has 0 atom stereocenters. The maximum Gasteiger partial charge on any atom is 0.328 e. The fourth-order valence-electron chi connectivity index (χ4n) is 4.04. The highest BCUT2D eigenvalue weighted by Gasteiger charge is 2.20. The van der Waals surface area contributed by atoms with Crippen molar-refractivity contribution in [2.75, 3.05) is 7.11 Å². The molecule has 4 aromatic rings. The van der Waals surface area contributed by atoms with E-state index >= 15 is 0 Å². The van der Waals surface area contributed by atoms with Gasteiger partial charge in [0.25, 0.3) is 0 Å². The van der Waals surface area contributed by atoms with Crippen molar-refractivity contribution in [1.82, 2.24) is 0 Å². The number of rotatable bonds is 7. The first-order valence-electron chi connectivity index (χ1n) is 10.7. The smallest absolute Gasteiger partial charge is 0.328 e. The van der Waals surface area contributed by atoms with Gasteiger partial charge in [-0.15, -0.1) is 0 Å². The number of carboxylic acid groups (broad SMARTS) is 1. The van der Waals surface area contributed by atoms with Crippen LogP contribution in [0.3, 0.4) is 0 Å². The van der Waals surface area contributed by atoms with Gasteiger partial charge in [0.2, 0.25) is 0 Å². The van der Waals surface area contributed by atoms with Gasteiger partial charge in [-0.2, -0.15) is 0 Å². The minimum Gasteiger partial charge on any atom is -0.493 e. The molecule has 0 amide bonds. The molecular weight excluding hydrogens is 455 g/mol. The molecule has 4 rings (SSSR count). The first-order valence-corrected chi connectivity index (χ1v) is 11.0. The highest BCUT2D eigenvalue weighted by Crippen LogP contribution is 2.42. The number of methoxy groups -OCH3 is 1. The summed E-state index contributed by atoms with van der Waals surface area (Å²) >= 11 is 6.48. The summed E-state index contributed by atoms with van der Waals surface area (Å²) in [5, 5.41) is 10.1. The van der Waals surface area contributed by atoms with Crippen molar-refractivity contribution in [2.45, 2.75) is 13.3 Å². The Hall–Kier alpha value is -3.83. The van der Waals surface area contributed by atoms with E-state index in [4.69, 9.17) is 25.9 Å². The minimum atomic E-state index is -1.01. The highest BCUT2D eigenvalue weighted by molar-refractivity contribution is 6.32. The molecule has 34 heavy (non-hydrogen) atoms. The van der Waals surface area contributed by atoms with Crippen LogP contribution in [0.4, 0.5) is 4.39 Å². The average molecular weight is 477 g/mol. The maximum absolute atomic E-state index is 13.8. The maximum atomic E-state index is 13.8. The van der Waals surface area contributed by atoms with Crippen LogP contribution in [0.5, 0.6) is 5.75 Å². The number of carbonyl (C=O) groups is 1. The Morgan fingerprint density at radius 1 is 1.12 bits per heavy atom. The normalized spacial score (nSPS) is 12.2. The van der Waals surface area contributed by atoms with Crippen LogP contribution in [-0.2, 0) is 4.79 Å². The van der Waals surface area contributed by atoms with Crippen LogP contribution in [0.1, 0.15) is 35.6 Å². The number of fused-ring (bicyclic) bond motifs is 1. The van der Waals surface area contributed by atoms with Crippen LogP contribution in [0.15, 0.2) is 77.4 Å². The zero-order chi connectivity index (χ0) is 24.2. The number of furan rings is 1. The standard InChI is InChI=1S/C28H22ClFO4/c1-3-20(21-13-12-19(30)15-24(21)29)27(18-10-7-17(8-11-18)9-14-26(31)32)23-16-34-28-22(23)5-4-6-25(28)33-2/h4-16H,3H2,1-2H3,(H,31,32)/b14-9?,27-20-. The van der Waals surface area contributed by atoms with Gasteiger partial charge in [0.15, 0.2) is 11.3 Å². The van der Waals surface area contributed by atoms with Crippen LogP contribution >= 0.6 is 11.6 Å². The Kier molecular flexibility index (Phi) is 6.85. The monoisotopic (exact) mass is 476 g/mol. The van der Waals surface area contributed by atoms with E-state index in [0.717, 1.165) is 44.9 Å². The van der Waals surface area contributed by atoms with Crippen LogP contribution in [0, 0.1) is 5.82 Å². The van der Waals surface area contributed by atoms with Crippen molar-refractivity contribution in [1.29, 1.82) is 0 Å². The van der Waals surface area contributed by atoms with E-state index in [1.165, 1.54) is 18.2 Å². The van der Waals surface area contributed by atoms with Crippen LogP contribution in [-0.4, -0.2) is 18.2 Å². The van der Waals surface area contributed by atoms with Crippen LogP contribution < -0.4 is 4.74 Å². The van der Waals surface area contributed by atoms with Crippen LogP contribution in [0.25, 0.3) is 28.2 Å². The van der Waals surface area contributed by atoms with Gasteiger partial charge in [-0.1, -0.05) is 61.0 Å². The molecule has 0 saturated carbocycles. The summed E-state index contributed by atoms with van der Waals surface area (Å²) in [5.74, 6) is -0.795. The summed E-state index contributed by atoms with van der Waals surface area (Å²) < 4.78 is 25.2. The second-order valence-corrected chi connectivity index (χ2v) is 8.02. The largest absolute Gasteiger partial charge is 0.493 e. The molecular formula is C28H22ClFO4. The topological polar surface area (TPSA) is 59.7 Å². The number of aliphatic carboxylic acids is 1. The quantitative estimate of drug-likeness (QED) is 0.219. The van der Waals surface area contributed by atoms with E-state index in [9.17, 15) is 9.18 Å². The van der Waals surface area contributed by atoms with E-state index in [0.29, 0.717) is 22.8 Å². The molecule has 172 valence electrons. The Labute approximate surface area is 201 Å². The lowest BCUT2D eigenvalue weighted by molar-refractivity contribution is -0.131. The van der Waals surface area contributed by atoms with Gasteiger partial charge in [-0.25, -0.2) is 9.18 Å². The summed E-state index contributed by atoms with van der Waals surface area (Å²) in [6.45, 7) is 2.02. The van der Waals surface area contributed by atoms with Crippen molar-refractivity contribution in [3.05, 3.63) is 106 Å². The van der Waals surface area contributed by atoms with Gasteiger partial charge >= 0.3 is 5.97 Å². The molecule has 0 bridgehead atoms. The SMILES string of the molecule is CC/C(=C(\c1ccc(C=CC(=O)O)cc1)c1coc2c(OC)cccc12)c1ccc(F)cc1Cl. The Balaban J connectivity index is 1.99. The van der Waals surface area contributed by atoms with Crippen molar-refractivity contribution in [2.24, 2.45) is 0 Å². The molecule has 3 aromatic carbocycles. The summed E-state index contributed by atoms with van der Waals surface area (Å²) in [4.78, 5) is 10.9. The molecule has 0 aliphatic rings. The summed E-state index contributed by atoms with van der Waals surface area (Å²) in [7, 11) is 1.59. The van der Waals surface area contributed by atoms with Crippen molar-refractivity contribution < 1.29 is 23.4 Å². The third kappa shape index (κ3) is 4.61. The van der Waals surface area contributed by atoms with E-state index in [-0.39, 0.29) is 0 Å². The third-order valence-electron chi connectivity index (χ3n) is 5.58. The first kappa shape index (κ1) is 23.3. The van der Waals surface area contributed by atoms with Crippen molar-refractivity contribution in [3.63, 3.8) is 0 Å². The summed E-state index contributed by atoms with van der Waals surface area (Å²) in [6, 6.07) is 17.6. The number of halogens is 2. The van der Waals surface area contributed by atoms with Gasteiger partial charge in [0.05, 0.1) is 18.4 Å². The zero-order valence-corrected chi connectivity index (χ0v) is 19.4. The number of carboxylic acids is 1. The fraction of sp³-hybridized carbons (Fsp3) is 0.107. The van der Waals surface area contributed by atoms with Gasteiger partial charge in [0.1, 0.15) is 5.82 Å². The summed E-state index contributed by atoms with van der Waals surface area (Å²) in [5.41, 5.74) is 5.64. The minimum absolute atomic E-state index is 0.320. The number of para-hydroxylation sites is 1. The highest BCUT2D eigenvalue weighted by atomic mass is 35.5. The van der Waals surface area contributed by atoms with E-state index in [2.05, 4.69) is 0 Å². The predicted molar refractivity (Wildman–Crippen MR) is 133 cm³/mol. The second kappa shape index (κ2) is 9.98. The molecule has 1 aromatic heterocycles. The van der Waals surface area contributed by atoms with Crippen LogP contribution in [0.2, 0.25) is 5.02 Å². The van der Waals surface area contributed by atoms with Crippen molar-refractivity contribution >= 4 is 45.8 Å². The molecule has 4 nitrogen and oxygen atoms in total. The molecule has 1 N–H and O–H groups in total. The van der Waals surface area contributed by atoms with Gasteiger partial charge in [-0.05, 0) is 58.5 Å². The average Bonchev–Trinajstić information content (AvgIpc) is 3.26. The van der Waals surface area contributed by atoms with E-state index < -0.39 is 11.8 Å². The Bertz CT molecular complexity index is 1410. The zero-order valence-electron chi connectivity index (χ0n) is 18.6. The number of hydrogen-bond donors (Lipinski definition) is 1. The number of allylic oxidation sites excluding steroid dienone is 1. The fourth-order valence-corrected chi connectivity index (χ4v) is 4.32. The molecule has 0 aliphatic carbocycles. The predicted octanol–water partition coefficient (Wildman–Crippen LogP) is 7.70. The number of hydrogen-bond acceptors (Lipinski definition) is 3. The molecule has 0 fully saturated rings. The lowest BCUT2D eigenvalue weighted by atomic mass is 9.87. The molecule has 0 spiro atoms. The number of benzene rings is 3. The van der Waals surface area contributed by atoms with E-state index in [1.807, 2.05) is 49.4 Å². The van der Waals surface area contributed by atoms with Crippen molar-refractivity contribution in [3.8, 4) is 5.75 Å². The second-order valence-electron chi connectivity index (χ2n) is 7.61. The van der Waals surface area contributed by atoms with Gasteiger partial charge in [0, 0.05) is 17.0 Å². The van der Waals surface area contributed by atoms with E-state index in [1.54, 1.807) is 19.4 Å². The molecule has 0 aliphatic heterocycles. The Morgan fingerprint density at radius 3 is 2.53 bits per heavy atom. The third-order valence-corrected chi connectivity index (χ3v) is 5.89. The number of ether oxygens (including phenoxy) is 1. The molecule has 0 radical (unpaired) electrons. The lowest BCUT2D eigenvalue weighted by Gasteiger charge is -2.16. The summed E-state index contributed by atoms with van der Waals surface area (Å²) in [6.07, 6.45) is 4.94. The molecule has 0 unspecified atom stereocenters. The first-order chi connectivity index (χ1) is 16.4. The lowest BCUT2D eigenvalue weighted by Crippen LogP contribution is -1.96. The van der Waals surface area contributed by atoms with Gasteiger partial charge in [-0.3, -0.25) is 0 Å². The Morgan fingerprint density at radius 2 is 1.88 bits per heavy atom. The molecule has 0 saturated heterocycles.